The number of alkyl carbamates (subject to hydrolysis) is 1. The maximum Gasteiger partial charge on any atom is 0.407 e. The summed E-state index contributed by atoms with van der Waals surface area (Å²) in [5.74, 6) is -0.255. The second kappa shape index (κ2) is 10.5. The molecule has 0 saturated carbocycles. The Bertz CT molecular complexity index is 768. The number of ether oxygens (including phenoxy) is 1. The van der Waals surface area contributed by atoms with Crippen molar-refractivity contribution in [3.05, 3.63) is 28.8 Å². The maximum absolute atomic E-state index is 12.5. The topological polar surface area (TPSA) is 114 Å². The molecule has 3 N–H and O–H groups in total. The third-order valence-electron chi connectivity index (χ3n) is 3.62. The highest BCUT2D eigenvalue weighted by Gasteiger charge is 2.20. The number of amides is 2. The molecule has 1 aromatic rings. The van der Waals surface area contributed by atoms with E-state index in [0.29, 0.717) is 6.42 Å². The van der Waals surface area contributed by atoms with Gasteiger partial charge in [-0.3, -0.25) is 4.79 Å². The fourth-order valence-electron chi connectivity index (χ4n) is 2.38. The molecule has 152 valence electrons. The normalized spacial score (nSPS) is 12.5. The zero-order chi connectivity index (χ0) is 20.6. The molecular weight excluding hydrogens is 394 g/mol. The lowest BCUT2D eigenvalue weighted by Gasteiger charge is -2.21. The van der Waals surface area contributed by atoms with Gasteiger partial charge in [0.1, 0.15) is 0 Å². The summed E-state index contributed by atoms with van der Waals surface area (Å²) >= 11 is 6.04. The molecule has 27 heavy (non-hydrogen) atoms. The first-order valence-corrected chi connectivity index (χ1v) is 10.4. The van der Waals surface area contributed by atoms with Gasteiger partial charge in [0.25, 0.3) is 5.91 Å². The van der Waals surface area contributed by atoms with Gasteiger partial charge in [-0.1, -0.05) is 25.4 Å². The molecule has 1 aromatic carbocycles. The van der Waals surface area contributed by atoms with Crippen molar-refractivity contribution >= 4 is 33.6 Å². The minimum absolute atomic E-state index is 0.0347. The minimum atomic E-state index is -3.70. The molecule has 0 aliphatic carbocycles. The van der Waals surface area contributed by atoms with Crippen molar-refractivity contribution in [2.75, 3.05) is 20.2 Å². The summed E-state index contributed by atoms with van der Waals surface area (Å²) in [7, 11) is -2.42. The van der Waals surface area contributed by atoms with E-state index >= 15 is 0 Å². The van der Waals surface area contributed by atoms with Crippen LogP contribution in [0.2, 0.25) is 5.02 Å². The van der Waals surface area contributed by atoms with E-state index in [9.17, 15) is 18.0 Å². The van der Waals surface area contributed by atoms with Gasteiger partial charge in [-0.05, 0) is 44.5 Å². The smallest absolute Gasteiger partial charge is 0.407 e. The summed E-state index contributed by atoms with van der Waals surface area (Å²) in [5, 5.41) is 5.51. The first-order chi connectivity index (χ1) is 12.6. The SMILES string of the molecule is CCOC(=O)NC(CNC(=O)c1cc(S(=O)(=O)NC)ccc1Cl)CC(C)C. The quantitative estimate of drug-likeness (QED) is 0.567. The third-order valence-corrected chi connectivity index (χ3v) is 5.37. The molecule has 0 fully saturated rings. The summed E-state index contributed by atoms with van der Waals surface area (Å²) in [6.45, 7) is 6.08. The molecule has 1 unspecified atom stereocenters. The van der Waals surface area contributed by atoms with Crippen LogP contribution in [-0.2, 0) is 14.8 Å². The van der Waals surface area contributed by atoms with Crippen LogP contribution in [0.5, 0.6) is 0 Å². The van der Waals surface area contributed by atoms with Gasteiger partial charge in [-0.25, -0.2) is 17.9 Å². The monoisotopic (exact) mass is 419 g/mol. The molecule has 0 aliphatic heterocycles. The Kier molecular flexibility index (Phi) is 9.01. The highest BCUT2D eigenvalue weighted by molar-refractivity contribution is 7.89. The first-order valence-electron chi connectivity index (χ1n) is 8.55. The number of halogens is 1. The van der Waals surface area contributed by atoms with E-state index < -0.39 is 22.0 Å². The van der Waals surface area contributed by atoms with E-state index in [1.54, 1.807) is 6.92 Å². The number of carbonyl (C=O) groups excluding carboxylic acids is 2. The van der Waals surface area contributed by atoms with Crippen LogP contribution in [0.3, 0.4) is 0 Å². The maximum atomic E-state index is 12.5. The van der Waals surface area contributed by atoms with Gasteiger partial charge in [-0.2, -0.15) is 0 Å². The van der Waals surface area contributed by atoms with E-state index in [1.165, 1.54) is 25.2 Å². The lowest BCUT2D eigenvalue weighted by Crippen LogP contribution is -2.44. The van der Waals surface area contributed by atoms with Crippen LogP contribution in [0.25, 0.3) is 0 Å². The van der Waals surface area contributed by atoms with E-state index in [0.717, 1.165) is 0 Å². The summed E-state index contributed by atoms with van der Waals surface area (Å²) < 4.78 is 30.9. The second-order valence-electron chi connectivity index (χ2n) is 6.25. The number of nitrogens with one attached hydrogen (secondary N) is 3. The van der Waals surface area contributed by atoms with Crippen molar-refractivity contribution in [3.8, 4) is 0 Å². The van der Waals surface area contributed by atoms with E-state index in [-0.39, 0.29) is 40.6 Å². The van der Waals surface area contributed by atoms with Gasteiger partial charge in [-0.15, -0.1) is 0 Å². The number of rotatable bonds is 9. The molecule has 1 atom stereocenters. The fourth-order valence-corrected chi connectivity index (χ4v) is 3.34. The molecule has 1 rings (SSSR count). The van der Waals surface area contributed by atoms with E-state index in [1.807, 2.05) is 13.8 Å². The Balaban J connectivity index is 2.89. The zero-order valence-electron chi connectivity index (χ0n) is 15.8. The summed E-state index contributed by atoms with van der Waals surface area (Å²) in [6.07, 6.45) is 0.0682. The number of benzene rings is 1. The Morgan fingerprint density at radius 3 is 2.48 bits per heavy atom. The molecule has 10 heteroatoms. The molecule has 0 aromatic heterocycles. The Labute approximate surface area is 165 Å². The van der Waals surface area contributed by atoms with Crippen LogP contribution >= 0.6 is 11.6 Å². The standard InChI is InChI=1S/C17H26ClN3O5S/c1-5-26-17(23)21-12(8-11(2)3)10-20-16(22)14-9-13(6-7-15(14)18)27(24,25)19-4/h6-7,9,11-12,19H,5,8,10H2,1-4H3,(H,20,22)(H,21,23). The minimum Gasteiger partial charge on any atom is -0.450 e. The van der Waals surface area contributed by atoms with Crippen LogP contribution in [-0.4, -0.2) is 46.7 Å². The van der Waals surface area contributed by atoms with Crippen LogP contribution in [0.1, 0.15) is 37.6 Å². The number of carbonyl (C=O) groups is 2. The van der Waals surface area contributed by atoms with Crippen molar-refractivity contribution in [2.24, 2.45) is 5.92 Å². The van der Waals surface area contributed by atoms with Gasteiger partial charge in [0, 0.05) is 12.6 Å². The zero-order valence-corrected chi connectivity index (χ0v) is 17.4. The average molecular weight is 420 g/mol. The Morgan fingerprint density at radius 2 is 1.93 bits per heavy atom. The third kappa shape index (κ3) is 7.36. The molecule has 0 spiro atoms. The Hall–Kier alpha value is -1.84. The number of hydrogen-bond donors (Lipinski definition) is 3. The predicted molar refractivity (Wildman–Crippen MR) is 103 cm³/mol. The van der Waals surface area contributed by atoms with Gasteiger partial charge < -0.3 is 15.4 Å². The molecular formula is C17H26ClN3O5S. The summed E-state index contributed by atoms with van der Waals surface area (Å²) in [4.78, 5) is 24.1. The van der Waals surface area contributed by atoms with Gasteiger partial charge >= 0.3 is 6.09 Å². The molecule has 0 radical (unpaired) electrons. The van der Waals surface area contributed by atoms with Crippen LogP contribution < -0.4 is 15.4 Å². The lowest BCUT2D eigenvalue weighted by atomic mass is 10.0. The van der Waals surface area contributed by atoms with E-state index in [2.05, 4.69) is 15.4 Å². The van der Waals surface area contributed by atoms with Gasteiger partial charge in [0.05, 0.1) is 22.1 Å². The largest absolute Gasteiger partial charge is 0.450 e. The molecule has 2 amide bonds. The highest BCUT2D eigenvalue weighted by atomic mass is 35.5. The van der Waals surface area contributed by atoms with Crippen LogP contribution in [0.15, 0.2) is 23.1 Å². The predicted octanol–water partition coefficient (Wildman–Crippen LogP) is 2.14. The van der Waals surface area contributed by atoms with Crippen molar-refractivity contribution in [1.82, 2.24) is 15.4 Å². The molecule has 0 saturated heterocycles. The highest BCUT2D eigenvalue weighted by Crippen LogP contribution is 2.20. The van der Waals surface area contributed by atoms with Crippen LogP contribution in [0.4, 0.5) is 4.79 Å². The summed E-state index contributed by atoms with van der Waals surface area (Å²) in [6, 6.07) is 3.54. The van der Waals surface area contributed by atoms with Gasteiger partial charge in [0.15, 0.2) is 0 Å². The average Bonchev–Trinajstić information content (AvgIpc) is 2.59. The number of hydrogen-bond acceptors (Lipinski definition) is 5. The van der Waals surface area contributed by atoms with Gasteiger partial charge in [0.2, 0.25) is 10.0 Å². The van der Waals surface area contributed by atoms with E-state index in [4.69, 9.17) is 16.3 Å². The lowest BCUT2D eigenvalue weighted by molar-refractivity contribution is 0.0944. The summed E-state index contributed by atoms with van der Waals surface area (Å²) in [5.41, 5.74) is 0.0347. The molecule has 8 nitrogen and oxygen atoms in total. The van der Waals surface area contributed by atoms with Crippen LogP contribution in [0, 0.1) is 5.92 Å². The van der Waals surface area contributed by atoms with Crippen molar-refractivity contribution in [2.45, 2.75) is 38.1 Å². The molecule has 0 heterocycles. The second-order valence-corrected chi connectivity index (χ2v) is 8.54. The molecule has 0 bridgehead atoms. The fraction of sp³-hybridized carbons (Fsp3) is 0.529. The van der Waals surface area contributed by atoms with Crippen molar-refractivity contribution in [1.29, 1.82) is 0 Å². The van der Waals surface area contributed by atoms with Crippen molar-refractivity contribution in [3.63, 3.8) is 0 Å². The molecule has 0 aliphatic rings. The first kappa shape index (κ1) is 23.2. The Morgan fingerprint density at radius 1 is 1.26 bits per heavy atom. The van der Waals surface area contributed by atoms with Crippen molar-refractivity contribution < 1.29 is 22.7 Å². The number of sulfonamides is 1.